The van der Waals surface area contributed by atoms with Crippen LogP contribution in [0.4, 0.5) is 5.69 Å². The third kappa shape index (κ3) is 4.82. The number of benzene rings is 1. The highest BCUT2D eigenvalue weighted by molar-refractivity contribution is 5.92. The molecule has 0 radical (unpaired) electrons. The number of hydrogen-bond acceptors (Lipinski definition) is 2. The standard InChI is InChI=1S/C18H28N2O2/c1-13-7-5-8-14(2)18(13)19-17(21)9-6-10-20-11-15(3)22-16(4)12-20/h5,7-8,15-16H,6,9-12H2,1-4H3,(H,19,21)/p+1/t15-,16-/m1/s1. The molecule has 4 heteroatoms. The maximum Gasteiger partial charge on any atom is 0.224 e. The molecular weight excluding hydrogens is 276 g/mol. The van der Waals surface area contributed by atoms with Crippen LogP contribution in [-0.4, -0.2) is 37.7 Å². The van der Waals surface area contributed by atoms with Crippen LogP contribution in [0.1, 0.15) is 37.8 Å². The van der Waals surface area contributed by atoms with Crippen LogP contribution in [0.2, 0.25) is 0 Å². The first-order chi connectivity index (χ1) is 10.5. The Kier molecular flexibility index (Phi) is 5.98. The molecule has 1 aliphatic rings. The fourth-order valence-electron chi connectivity index (χ4n) is 3.31. The van der Waals surface area contributed by atoms with Crippen molar-refractivity contribution in [3.63, 3.8) is 0 Å². The van der Waals surface area contributed by atoms with Gasteiger partial charge in [-0.25, -0.2) is 0 Å². The molecule has 2 rings (SSSR count). The van der Waals surface area contributed by atoms with E-state index >= 15 is 0 Å². The molecule has 1 aromatic carbocycles. The van der Waals surface area contributed by atoms with E-state index in [1.54, 1.807) is 4.90 Å². The molecule has 122 valence electrons. The van der Waals surface area contributed by atoms with Crippen molar-refractivity contribution in [2.75, 3.05) is 25.0 Å². The van der Waals surface area contributed by atoms with Crippen LogP contribution < -0.4 is 10.2 Å². The maximum absolute atomic E-state index is 12.1. The predicted molar refractivity (Wildman–Crippen MR) is 89.4 cm³/mol. The lowest BCUT2D eigenvalue weighted by Crippen LogP contribution is -3.15. The van der Waals surface area contributed by atoms with Crippen molar-refractivity contribution in [3.8, 4) is 0 Å². The van der Waals surface area contributed by atoms with Crippen LogP contribution in [0, 0.1) is 13.8 Å². The third-order valence-electron chi connectivity index (χ3n) is 4.30. The van der Waals surface area contributed by atoms with Gasteiger partial charge >= 0.3 is 0 Å². The summed E-state index contributed by atoms with van der Waals surface area (Å²) in [6.45, 7) is 11.4. The van der Waals surface area contributed by atoms with Crippen molar-refractivity contribution >= 4 is 11.6 Å². The average Bonchev–Trinajstić information content (AvgIpc) is 2.42. The highest BCUT2D eigenvalue weighted by Crippen LogP contribution is 2.19. The minimum absolute atomic E-state index is 0.117. The van der Waals surface area contributed by atoms with Gasteiger partial charge in [-0.2, -0.15) is 0 Å². The van der Waals surface area contributed by atoms with Gasteiger partial charge in [0.1, 0.15) is 25.3 Å². The zero-order chi connectivity index (χ0) is 16.1. The average molecular weight is 305 g/mol. The van der Waals surface area contributed by atoms with Crippen molar-refractivity contribution < 1.29 is 14.4 Å². The quantitative estimate of drug-likeness (QED) is 0.870. The highest BCUT2D eigenvalue weighted by atomic mass is 16.5. The number of rotatable bonds is 5. The summed E-state index contributed by atoms with van der Waals surface area (Å²) in [6, 6.07) is 6.08. The van der Waals surface area contributed by atoms with Gasteiger partial charge < -0.3 is 15.0 Å². The maximum atomic E-state index is 12.1. The summed E-state index contributed by atoms with van der Waals surface area (Å²) in [5.41, 5.74) is 3.21. The van der Waals surface area contributed by atoms with E-state index in [1.165, 1.54) is 0 Å². The second kappa shape index (κ2) is 7.75. The first kappa shape index (κ1) is 17.0. The monoisotopic (exact) mass is 305 g/mol. The van der Waals surface area contributed by atoms with Gasteiger partial charge in [0.25, 0.3) is 0 Å². The van der Waals surface area contributed by atoms with E-state index in [0.717, 1.165) is 42.9 Å². The minimum Gasteiger partial charge on any atom is -0.364 e. The predicted octanol–water partition coefficient (Wildman–Crippen LogP) is 1.71. The summed E-state index contributed by atoms with van der Waals surface area (Å²) in [5.74, 6) is 0.117. The van der Waals surface area contributed by atoms with E-state index in [-0.39, 0.29) is 5.91 Å². The number of para-hydroxylation sites is 1. The van der Waals surface area contributed by atoms with Gasteiger partial charge in [0.05, 0.1) is 6.54 Å². The summed E-state index contributed by atoms with van der Waals surface area (Å²) >= 11 is 0. The molecule has 4 nitrogen and oxygen atoms in total. The highest BCUT2D eigenvalue weighted by Gasteiger charge is 2.25. The molecular formula is C18H29N2O2+. The van der Waals surface area contributed by atoms with Crippen molar-refractivity contribution in [1.82, 2.24) is 0 Å². The normalized spacial score (nSPS) is 25.0. The number of aryl methyl sites for hydroxylation is 2. The lowest BCUT2D eigenvalue weighted by Gasteiger charge is -2.32. The van der Waals surface area contributed by atoms with Gasteiger partial charge in [-0.3, -0.25) is 4.79 Å². The first-order valence-corrected chi connectivity index (χ1v) is 8.30. The molecule has 1 aromatic rings. The Morgan fingerprint density at radius 3 is 2.41 bits per heavy atom. The Morgan fingerprint density at radius 1 is 1.23 bits per heavy atom. The van der Waals surface area contributed by atoms with E-state index in [2.05, 4.69) is 19.2 Å². The number of quaternary nitrogens is 1. The number of carbonyl (C=O) groups is 1. The van der Waals surface area contributed by atoms with Crippen LogP contribution in [0.15, 0.2) is 18.2 Å². The van der Waals surface area contributed by atoms with Gasteiger partial charge in [0, 0.05) is 18.5 Å². The summed E-state index contributed by atoms with van der Waals surface area (Å²) < 4.78 is 5.75. The van der Waals surface area contributed by atoms with E-state index < -0.39 is 0 Å². The first-order valence-electron chi connectivity index (χ1n) is 8.30. The largest absolute Gasteiger partial charge is 0.364 e. The molecule has 0 saturated carbocycles. The van der Waals surface area contributed by atoms with Gasteiger partial charge in [-0.05, 0) is 38.8 Å². The number of amides is 1. The van der Waals surface area contributed by atoms with Crippen molar-refractivity contribution in [2.45, 2.75) is 52.7 Å². The van der Waals surface area contributed by atoms with Crippen molar-refractivity contribution in [3.05, 3.63) is 29.3 Å². The van der Waals surface area contributed by atoms with Gasteiger partial charge in [-0.15, -0.1) is 0 Å². The van der Waals surface area contributed by atoms with Gasteiger partial charge in [0.15, 0.2) is 0 Å². The lowest BCUT2D eigenvalue weighted by atomic mass is 10.1. The molecule has 0 bridgehead atoms. The topological polar surface area (TPSA) is 42.8 Å². The molecule has 22 heavy (non-hydrogen) atoms. The molecule has 0 aliphatic carbocycles. The van der Waals surface area contributed by atoms with Crippen LogP contribution in [0.25, 0.3) is 0 Å². The second-order valence-corrected chi connectivity index (χ2v) is 6.58. The third-order valence-corrected chi connectivity index (χ3v) is 4.30. The number of ether oxygens (including phenoxy) is 1. The molecule has 2 atom stereocenters. The summed E-state index contributed by atoms with van der Waals surface area (Å²) in [6.07, 6.45) is 2.15. The van der Waals surface area contributed by atoms with E-state index in [0.29, 0.717) is 18.6 Å². The Labute approximate surface area is 133 Å². The number of carbonyl (C=O) groups excluding carboxylic acids is 1. The van der Waals surface area contributed by atoms with Gasteiger partial charge in [-0.1, -0.05) is 18.2 Å². The molecule has 1 fully saturated rings. The van der Waals surface area contributed by atoms with Crippen molar-refractivity contribution in [2.24, 2.45) is 0 Å². The molecule has 1 saturated heterocycles. The van der Waals surface area contributed by atoms with Crippen molar-refractivity contribution in [1.29, 1.82) is 0 Å². The summed E-state index contributed by atoms with van der Waals surface area (Å²) in [5, 5.41) is 3.06. The molecule has 1 aliphatic heterocycles. The van der Waals surface area contributed by atoms with E-state index in [4.69, 9.17) is 4.74 Å². The Hall–Kier alpha value is -1.39. The van der Waals surface area contributed by atoms with Crippen LogP contribution in [-0.2, 0) is 9.53 Å². The zero-order valence-electron chi connectivity index (χ0n) is 14.2. The molecule has 0 unspecified atom stereocenters. The van der Waals surface area contributed by atoms with Crippen LogP contribution in [0.3, 0.4) is 0 Å². The van der Waals surface area contributed by atoms with Crippen LogP contribution >= 0.6 is 0 Å². The number of nitrogens with one attached hydrogen (secondary N) is 2. The number of morpholine rings is 1. The van der Waals surface area contributed by atoms with Gasteiger partial charge in [0.2, 0.25) is 5.91 Å². The Morgan fingerprint density at radius 2 is 1.82 bits per heavy atom. The number of hydrogen-bond donors (Lipinski definition) is 2. The summed E-state index contributed by atoms with van der Waals surface area (Å²) in [4.78, 5) is 13.7. The van der Waals surface area contributed by atoms with Crippen LogP contribution in [0.5, 0.6) is 0 Å². The molecule has 1 amide bonds. The smallest absolute Gasteiger partial charge is 0.224 e. The molecule has 0 spiro atoms. The Balaban J connectivity index is 1.76. The lowest BCUT2D eigenvalue weighted by molar-refractivity contribution is -0.915. The number of anilines is 1. The molecule has 0 aromatic heterocycles. The second-order valence-electron chi connectivity index (χ2n) is 6.58. The minimum atomic E-state index is 0.117. The summed E-state index contributed by atoms with van der Waals surface area (Å²) in [7, 11) is 0. The van der Waals surface area contributed by atoms with E-state index in [9.17, 15) is 4.79 Å². The zero-order valence-corrected chi connectivity index (χ0v) is 14.2. The fourth-order valence-corrected chi connectivity index (χ4v) is 3.31. The SMILES string of the molecule is Cc1cccc(C)c1NC(=O)CCC[NH+]1C[C@@H](C)O[C@H](C)C1. The molecule has 1 heterocycles. The van der Waals surface area contributed by atoms with E-state index in [1.807, 2.05) is 32.0 Å². The molecule has 2 N–H and O–H groups in total. The Bertz CT molecular complexity index is 486. The fraction of sp³-hybridized carbons (Fsp3) is 0.611.